The van der Waals surface area contributed by atoms with Gasteiger partial charge in [0.15, 0.2) is 0 Å². The van der Waals surface area contributed by atoms with Crippen LogP contribution in [0.2, 0.25) is 5.02 Å². The molecule has 20 heavy (non-hydrogen) atoms. The molecule has 6 heteroatoms. The van der Waals surface area contributed by atoms with E-state index in [0.717, 1.165) is 12.1 Å². The van der Waals surface area contributed by atoms with Crippen molar-refractivity contribution >= 4 is 28.9 Å². The molecule has 0 saturated heterocycles. The second-order valence-corrected chi connectivity index (χ2v) is 4.59. The van der Waals surface area contributed by atoms with E-state index in [0.29, 0.717) is 10.7 Å². The van der Waals surface area contributed by atoms with E-state index in [4.69, 9.17) is 17.3 Å². The number of carbonyl (C=O) groups is 1. The molecule has 2 rings (SSSR count). The highest BCUT2D eigenvalue weighted by Crippen LogP contribution is 2.23. The predicted octanol–water partition coefficient (Wildman–Crippen LogP) is 3.38. The fourth-order valence-corrected chi connectivity index (χ4v) is 1.88. The minimum Gasteiger partial charge on any atom is -0.397 e. The lowest BCUT2D eigenvalue weighted by Crippen LogP contribution is -2.17. The molecule has 3 nitrogen and oxygen atoms in total. The number of benzene rings is 2. The Bertz CT molecular complexity index is 641. The first kappa shape index (κ1) is 14.3. The Morgan fingerprint density at radius 3 is 2.45 bits per heavy atom. The van der Waals surface area contributed by atoms with Gasteiger partial charge in [-0.15, -0.1) is 0 Å². The molecule has 0 aliphatic carbocycles. The van der Waals surface area contributed by atoms with Crippen LogP contribution in [0.15, 0.2) is 36.4 Å². The number of hydrogen-bond donors (Lipinski definition) is 2. The highest BCUT2D eigenvalue weighted by atomic mass is 35.5. The molecule has 0 radical (unpaired) electrons. The van der Waals surface area contributed by atoms with E-state index in [1.807, 2.05) is 0 Å². The minimum atomic E-state index is -0.760. The molecule has 104 valence electrons. The van der Waals surface area contributed by atoms with Gasteiger partial charge < -0.3 is 11.1 Å². The van der Waals surface area contributed by atoms with Crippen molar-refractivity contribution < 1.29 is 13.6 Å². The van der Waals surface area contributed by atoms with Gasteiger partial charge in [-0.2, -0.15) is 0 Å². The zero-order chi connectivity index (χ0) is 14.7. The van der Waals surface area contributed by atoms with E-state index in [-0.39, 0.29) is 11.3 Å². The molecule has 2 aromatic carbocycles. The minimum absolute atomic E-state index is 0.278. The van der Waals surface area contributed by atoms with E-state index in [9.17, 15) is 13.6 Å². The molecule has 0 bridgehead atoms. The maximum Gasteiger partial charge on any atom is 0.229 e. The molecule has 1 amide bonds. The third-order valence-corrected chi connectivity index (χ3v) is 2.92. The SMILES string of the molecule is Nc1cc(Cl)ccc1NC(=O)Cc1c(F)cccc1F. The normalized spacial score (nSPS) is 10.3. The predicted molar refractivity (Wildman–Crippen MR) is 74.6 cm³/mol. The van der Waals surface area contributed by atoms with Crippen LogP contribution in [0.4, 0.5) is 20.2 Å². The lowest BCUT2D eigenvalue weighted by molar-refractivity contribution is -0.115. The van der Waals surface area contributed by atoms with Gasteiger partial charge in [0, 0.05) is 10.6 Å². The standard InChI is InChI=1S/C14H11ClF2N2O/c15-8-4-5-13(12(18)6-8)19-14(20)7-9-10(16)2-1-3-11(9)17/h1-6H,7,18H2,(H,19,20). The van der Waals surface area contributed by atoms with Crippen LogP contribution in [0, 0.1) is 11.6 Å². The zero-order valence-electron chi connectivity index (χ0n) is 10.3. The molecular formula is C14H11ClF2N2O. The van der Waals surface area contributed by atoms with Gasteiger partial charge in [0.05, 0.1) is 17.8 Å². The third-order valence-electron chi connectivity index (χ3n) is 2.69. The van der Waals surface area contributed by atoms with Gasteiger partial charge in [0.2, 0.25) is 5.91 Å². The number of anilines is 2. The van der Waals surface area contributed by atoms with Crippen molar-refractivity contribution in [2.75, 3.05) is 11.1 Å². The summed E-state index contributed by atoms with van der Waals surface area (Å²) in [6.45, 7) is 0. The Hall–Kier alpha value is -2.14. The van der Waals surface area contributed by atoms with E-state index < -0.39 is 24.0 Å². The van der Waals surface area contributed by atoms with Crippen LogP contribution in [0.25, 0.3) is 0 Å². The summed E-state index contributed by atoms with van der Waals surface area (Å²) in [7, 11) is 0. The van der Waals surface area contributed by atoms with Crippen molar-refractivity contribution in [3.05, 3.63) is 58.6 Å². The molecule has 3 N–H and O–H groups in total. The first-order valence-corrected chi connectivity index (χ1v) is 6.13. The second kappa shape index (κ2) is 5.88. The van der Waals surface area contributed by atoms with Gasteiger partial charge >= 0.3 is 0 Å². The van der Waals surface area contributed by atoms with Crippen molar-refractivity contribution in [2.45, 2.75) is 6.42 Å². The van der Waals surface area contributed by atoms with Crippen LogP contribution in [0.1, 0.15) is 5.56 Å². The smallest absolute Gasteiger partial charge is 0.229 e. The van der Waals surface area contributed by atoms with Crippen LogP contribution >= 0.6 is 11.6 Å². The van der Waals surface area contributed by atoms with Crippen LogP contribution in [-0.2, 0) is 11.2 Å². The van der Waals surface area contributed by atoms with Gasteiger partial charge in [-0.1, -0.05) is 17.7 Å². The number of nitrogens with two attached hydrogens (primary N) is 1. The molecule has 0 fully saturated rings. The van der Waals surface area contributed by atoms with Crippen LogP contribution < -0.4 is 11.1 Å². The summed E-state index contributed by atoms with van der Waals surface area (Å²) in [5.74, 6) is -2.09. The molecule has 0 saturated carbocycles. The number of nitrogen functional groups attached to an aromatic ring is 1. The molecule has 0 aromatic heterocycles. The number of amides is 1. The van der Waals surface area contributed by atoms with Crippen molar-refractivity contribution in [3.8, 4) is 0 Å². The first-order chi connectivity index (χ1) is 9.47. The van der Waals surface area contributed by atoms with Crippen LogP contribution in [-0.4, -0.2) is 5.91 Å². The Balaban J connectivity index is 2.13. The lowest BCUT2D eigenvalue weighted by atomic mass is 10.1. The van der Waals surface area contributed by atoms with E-state index in [1.54, 1.807) is 6.07 Å². The van der Waals surface area contributed by atoms with Gasteiger partial charge in [-0.05, 0) is 30.3 Å². The summed E-state index contributed by atoms with van der Waals surface area (Å²) in [5, 5.41) is 2.92. The highest BCUT2D eigenvalue weighted by molar-refractivity contribution is 6.31. The fraction of sp³-hybridized carbons (Fsp3) is 0.0714. The highest BCUT2D eigenvalue weighted by Gasteiger charge is 2.13. The lowest BCUT2D eigenvalue weighted by Gasteiger charge is -2.09. The number of nitrogens with one attached hydrogen (secondary N) is 1. The van der Waals surface area contributed by atoms with Crippen molar-refractivity contribution in [3.63, 3.8) is 0 Å². The molecule has 0 heterocycles. The Kier molecular flexibility index (Phi) is 4.20. The number of halogens is 3. The van der Waals surface area contributed by atoms with Gasteiger partial charge in [0.25, 0.3) is 0 Å². The quantitative estimate of drug-likeness (QED) is 0.853. The largest absolute Gasteiger partial charge is 0.397 e. The summed E-state index contributed by atoms with van der Waals surface area (Å²) < 4.78 is 26.8. The molecule has 2 aromatic rings. The number of rotatable bonds is 3. The first-order valence-electron chi connectivity index (χ1n) is 5.75. The third kappa shape index (κ3) is 3.24. The summed E-state index contributed by atoms with van der Waals surface area (Å²) >= 11 is 5.73. The summed E-state index contributed by atoms with van der Waals surface area (Å²) in [4.78, 5) is 11.8. The van der Waals surface area contributed by atoms with E-state index >= 15 is 0 Å². The molecule has 0 spiro atoms. The average molecular weight is 297 g/mol. The zero-order valence-corrected chi connectivity index (χ0v) is 11.0. The van der Waals surface area contributed by atoms with Gasteiger partial charge in [-0.25, -0.2) is 8.78 Å². The maximum absolute atomic E-state index is 13.4. The van der Waals surface area contributed by atoms with Crippen molar-refractivity contribution in [1.82, 2.24) is 0 Å². The second-order valence-electron chi connectivity index (χ2n) is 4.16. The number of carbonyl (C=O) groups excluding carboxylic acids is 1. The number of hydrogen-bond acceptors (Lipinski definition) is 2. The summed E-state index contributed by atoms with van der Waals surface area (Å²) in [6, 6.07) is 7.99. The maximum atomic E-state index is 13.4. The molecule has 0 aliphatic rings. The Morgan fingerprint density at radius 1 is 1.20 bits per heavy atom. The van der Waals surface area contributed by atoms with Gasteiger partial charge in [-0.3, -0.25) is 4.79 Å². The van der Waals surface area contributed by atoms with E-state index in [2.05, 4.69) is 5.32 Å². The Morgan fingerprint density at radius 2 is 1.85 bits per heavy atom. The molecule has 0 atom stereocenters. The monoisotopic (exact) mass is 296 g/mol. The summed E-state index contributed by atoms with van der Waals surface area (Å²) in [5.41, 5.74) is 6.02. The molecule has 0 unspecified atom stereocenters. The molecular weight excluding hydrogens is 286 g/mol. The van der Waals surface area contributed by atoms with Crippen LogP contribution in [0.3, 0.4) is 0 Å². The average Bonchev–Trinajstić information content (AvgIpc) is 2.37. The Labute approximate surface area is 119 Å². The van der Waals surface area contributed by atoms with Gasteiger partial charge in [0.1, 0.15) is 11.6 Å². The van der Waals surface area contributed by atoms with Crippen molar-refractivity contribution in [1.29, 1.82) is 0 Å². The van der Waals surface area contributed by atoms with E-state index in [1.165, 1.54) is 18.2 Å². The van der Waals surface area contributed by atoms with Crippen molar-refractivity contribution in [2.24, 2.45) is 0 Å². The summed E-state index contributed by atoms with van der Waals surface area (Å²) in [6.07, 6.45) is -0.416. The molecule has 0 aliphatic heterocycles. The topological polar surface area (TPSA) is 55.1 Å². The van der Waals surface area contributed by atoms with Crippen LogP contribution in [0.5, 0.6) is 0 Å². The fourth-order valence-electron chi connectivity index (χ4n) is 1.70.